The third-order valence-corrected chi connectivity index (χ3v) is 6.48. The van der Waals surface area contributed by atoms with Gasteiger partial charge in [0.2, 0.25) is 5.91 Å². The molecular weight excluding hydrogens is 356 g/mol. The van der Waals surface area contributed by atoms with Gasteiger partial charge in [-0.3, -0.25) is 9.59 Å². The van der Waals surface area contributed by atoms with Crippen LogP contribution < -0.4 is 16.4 Å². The summed E-state index contributed by atoms with van der Waals surface area (Å²) in [6, 6.07) is 1.90. The molecule has 4 fully saturated rings. The van der Waals surface area contributed by atoms with Gasteiger partial charge in [0.05, 0.1) is 22.2 Å². The van der Waals surface area contributed by atoms with Gasteiger partial charge in [-0.05, 0) is 63.4 Å². The van der Waals surface area contributed by atoms with Gasteiger partial charge in [-0.25, -0.2) is 8.78 Å². The van der Waals surface area contributed by atoms with Crippen molar-refractivity contribution in [3.05, 3.63) is 34.9 Å². The Kier molecular flexibility index (Phi) is 4.05. The number of nitrogens with two attached hydrogens (primary N) is 1. The summed E-state index contributed by atoms with van der Waals surface area (Å²) in [5, 5.41) is 5.90. The summed E-state index contributed by atoms with van der Waals surface area (Å²) in [5.41, 5.74) is 3.52. The van der Waals surface area contributed by atoms with E-state index in [-0.39, 0.29) is 23.6 Å². The number of amides is 2. The first-order chi connectivity index (χ1) is 12.7. The van der Waals surface area contributed by atoms with Crippen LogP contribution >= 0.6 is 0 Å². The maximum Gasteiger partial charge on any atom is 0.254 e. The molecule has 5 rings (SSSR count). The van der Waals surface area contributed by atoms with Crippen LogP contribution in [0.15, 0.2) is 12.1 Å². The lowest BCUT2D eigenvalue weighted by Crippen LogP contribution is -2.60. The number of hydrogen-bond donors (Lipinski definition) is 3. The van der Waals surface area contributed by atoms with E-state index in [0.717, 1.165) is 25.2 Å². The minimum atomic E-state index is -0.772. The monoisotopic (exact) mass is 379 g/mol. The Labute approximate surface area is 155 Å². The van der Waals surface area contributed by atoms with E-state index in [4.69, 9.17) is 10.5 Å². The predicted molar refractivity (Wildman–Crippen MR) is 92.9 cm³/mol. The highest BCUT2D eigenvalue weighted by atomic mass is 19.1. The lowest BCUT2D eigenvalue weighted by Gasteiger charge is -2.47. The van der Waals surface area contributed by atoms with Gasteiger partial charge in [0.1, 0.15) is 11.6 Å². The van der Waals surface area contributed by atoms with Crippen molar-refractivity contribution >= 4 is 11.8 Å². The van der Waals surface area contributed by atoms with Crippen molar-refractivity contribution in [3.8, 4) is 0 Å². The minimum absolute atomic E-state index is 0.130. The fraction of sp³-hybridized carbons (Fsp3) is 0.579. The maximum atomic E-state index is 14.0. The Morgan fingerprint density at radius 3 is 2.52 bits per heavy atom. The van der Waals surface area contributed by atoms with Gasteiger partial charge in [0, 0.05) is 6.54 Å². The number of carbonyl (C=O) groups excluding carboxylic acids is 2. The van der Waals surface area contributed by atoms with Crippen LogP contribution in [0, 0.1) is 24.0 Å². The first-order valence-electron chi connectivity index (χ1n) is 9.17. The zero-order chi connectivity index (χ0) is 19.4. The van der Waals surface area contributed by atoms with Gasteiger partial charge in [-0.2, -0.15) is 0 Å². The second-order valence-corrected chi connectivity index (χ2v) is 8.09. The van der Waals surface area contributed by atoms with Crippen LogP contribution in [0.1, 0.15) is 41.6 Å². The number of ether oxygens (including phenoxy) is 1. The summed E-state index contributed by atoms with van der Waals surface area (Å²) in [6.07, 6.45) is 2.26. The molecule has 1 aromatic rings. The molecule has 3 heterocycles. The van der Waals surface area contributed by atoms with E-state index in [2.05, 4.69) is 10.6 Å². The van der Waals surface area contributed by atoms with E-state index in [0.29, 0.717) is 25.7 Å². The molecule has 1 aromatic carbocycles. The van der Waals surface area contributed by atoms with Gasteiger partial charge >= 0.3 is 0 Å². The Balaban J connectivity index is 1.49. The van der Waals surface area contributed by atoms with E-state index >= 15 is 0 Å². The summed E-state index contributed by atoms with van der Waals surface area (Å²) < 4.78 is 34.1. The van der Waals surface area contributed by atoms with Gasteiger partial charge < -0.3 is 21.1 Å². The molecule has 0 radical (unpaired) electrons. The normalized spacial score (nSPS) is 30.8. The molecule has 3 saturated heterocycles. The smallest absolute Gasteiger partial charge is 0.254 e. The van der Waals surface area contributed by atoms with Crippen LogP contribution in [0.4, 0.5) is 8.78 Å². The predicted octanol–water partition coefficient (Wildman–Crippen LogP) is 1.16. The fourth-order valence-corrected chi connectivity index (χ4v) is 5.08. The molecule has 1 spiro atoms. The molecule has 8 heteroatoms. The number of primary amides is 1. The number of carbonyl (C=O) groups is 2. The van der Waals surface area contributed by atoms with Gasteiger partial charge in [0.15, 0.2) is 0 Å². The zero-order valence-corrected chi connectivity index (χ0v) is 15.2. The average Bonchev–Trinajstić information content (AvgIpc) is 3.01. The van der Waals surface area contributed by atoms with Crippen LogP contribution in [0.25, 0.3) is 0 Å². The molecule has 27 heavy (non-hydrogen) atoms. The van der Waals surface area contributed by atoms with Crippen LogP contribution in [0.5, 0.6) is 0 Å². The molecule has 0 atom stereocenters. The summed E-state index contributed by atoms with van der Waals surface area (Å²) in [7, 11) is 0. The number of benzene rings is 1. The van der Waals surface area contributed by atoms with Gasteiger partial charge in [0.25, 0.3) is 5.91 Å². The highest BCUT2D eigenvalue weighted by Crippen LogP contribution is 2.68. The summed E-state index contributed by atoms with van der Waals surface area (Å²) in [5.74, 6) is -2.48. The third kappa shape index (κ3) is 2.57. The van der Waals surface area contributed by atoms with Crippen molar-refractivity contribution < 1.29 is 23.1 Å². The fourth-order valence-electron chi connectivity index (χ4n) is 5.08. The maximum absolute atomic E-state index is 14.0. The Morgan fingerprint density at radius 1 is 1.22 bits per heavy atom. The molecule has 4 N–H and O–H groups in total. The Morgan fingerprint density at radius 2 is 1.89 bits per heavy atom. The lowest BCUT2D eigenvalue weighted by molar-refractivity contribution is -0.137. The summed E-state index contributed by atoms with van der Waals surface area (Å²) >= 11 is 0. The van der Waals surface area contributed by atoms with E-state index < -0.39 is 34.2 Å². The van der Waals surface area contributed by atoms with Gasteiger partial charge in [-0.15, -0.1) is 0 Å². The molecule has 2 amide bonds. The van der Waals surface area contributed by atoms with Crippen LogP contribution in [-0.4, -0.2) is 42.7 Å². The van der Waals surface area contributed by atoms with Crippen molar-refractivity contribution in [1.82, 2.24) is 10.6 Å². The molecular formula is C19H23F2N3O3. The summed E-state index contributed by atoms with van der Waals surface area (Å²) in [6.45, 7) is 3.04. The first-order valence-corrected chi connectivity index (χ1v) is 9.17. The standard InChI is InChI=1S/C19H23F2N3O3/c1-11-6-14(21)12(7-13(11)20)15(25)24-10-17-8-18(9-17,16(22)26)19(27-17)2-4-23-5-3-19/h6-7,23H,2-5,8-10H2,1H3,(H2,22,26)(H,24,25). The molecule has 6 nitrogen and oxygen atoms in total. The van der Waals surface area contributed by atoms with Crippen LogP contribution in [0.2, 0.25) is 0 Å². The highest BCUT2D eigenvalue weighted by Gasteiger charge is 2.77. The highest BCUT2D eigenvalue weighted by molar-refractivity contribution is 5.94. The van der Waals surface area contributed by atoms with Crippen molar-refractivity contribution in [2.75, 3.05) is 19.6 Å². The molecule has 0 aromatic heterocycles. The number of rotatable bonds is 4. The zero-order valence-electron chi connectivity index (χ0n) is 15.2. The van der Waals surface area contributed by atoms with E-state index in [9.17, 15) is 18.4 Å². The van der Waals surface area contributed by atoms with E-state index in [1.54, 1.807) is 0 Å². The molecule has 4 aliphatic rings. The van der Waals surface area contributed by atoms with E-state index in [1.165, 1.54) is 6.92 Å². The molecule has 3 aliphatic heterocycles. The Bertz CT molecular complexity index is 815. The Hall–Kier alpha value is -2.06. The van der Waals surface area contributed by atoms with Crippen LogP contribution in [-0.2, 0) is 9.53 Å². The number of aryl methyl sites for hydroxylation is 1. The molecule has 2 bridgehead atoms. The lowest BCUT2D eigenvalue weighted by atomic mass is 9.53. The number of nitrogens with one attached hydrogen (secondary N) is 2. The molecule has 1 aliphatic carbocycles. The quantitative estimate of drug-likeness (QED) is 0.732. The minimum Gasteiger partial charge on any atom is -0.369 e. The van der Waals surface area contributed by atoms with Crippen molar-refractivity contribution in [1.29, 1.82) is 0 Å². The van der Waals surface area contributed by atoms with Crippen molar-refractivity contribution in [2.24, 2.45) is 11.1 Å². The van der Waals surface area contributed by atoms with Crippen molar-refractivity contribution in [2.45, 2.75) is 43.8 Å². The average molecular weight is 379 g/mol. The molecule has 146 valence electrons. The largest absolute Gasteiger partial charge is 0.369 e. The SMILES string of the molecule is Cc1cc(F)c(C(=O)NCC23CC(C(N)=O)(C2)C2(CCNCC2)O3)cc1F. The second kappa shape index (κ2) is 5.97. The van der Waals surface area contributed by atoms with Gasteiger partial charge in [-0.1, -0.05) is 0 Å². The topological polar surface area (TPSA) is 93.5 Å². The van der Waals surface area contributed by atoms with Crippen LogP contribution in [0.3, 0.4) is 0 Å². The van der Waals surface area contributed by atoms with Crippen molar-refractivity contribution in [3.63, 3.8) is 0 Å². The third-order valence-electron chi connectivity index (χ3n) is 6.48. The molecule has 0 unspecified atom stereocenters. The number of piperidine rings is 1. The number of hydrogen-bond acceptors (Lipinski definition) is 4. The number of halogens is 2. The van der Waals surface area contributed by atoms with E-state index in [1.807, 2.05) is 0 Å². The summed E-state index contributed by atoms with van der Waals surface area (Å²) in [4.78, 5) is 24.5. The molecule has 1 saturated carbocycles. The second-order valence-electron chi connectivity index (χ2n) is 8.09. The first kappa shape index (κ1) is 18.3.